The Morgan fingerprint density at radius 3 is 2.48 bits per heavy atom. The van der Waals surface area contributed by atoms with Gasteiger partial charge in [-0.25, -0.2) is 19.7 Å². The summed E-state index contributed by atoms with van der Waals surface area (Å²) in [6, 6.07) is 7.58. The molecule has 0 bridgehead atoms. The van der Waals surface area contributed by atoms with E-state index in [1.165, 1.54) is 0 Å². The fourth-order valence-corrected chi connectivity index (χ4v) is 2.95. The third kappa shape index (κ3) is 5.07. The summed E-state index contributed by atoms with van der Waals surface area (Å²) in [4.78, 5) is 46.1. The molecule has 1 saturated heterocycles. The van der Waals surface area contributed by atoms with E-state index in [4.69, 9.17) is 0 Å². The highest BCUT2D eigenvalue weighted by Crippen LogP contribution is 2.23. The lowest BCUT2D eigenvalue weighted by Gasteiger charge is -2.14. The van der Waals surface area contributed by atoms with Gasteiger partial charge >= 0.3 is 6.03 Å². The predicted octanol–water partition coefficient (Wildman–Crippen LogP) is 1.64. The van der Waals surface area contributed by atoms with Crippen LogP contribution in [0.4, 0.5) is 16.4 Å². The zero-order chi connectivity index (χ0) is 20.8. The van der Waals surface area contributed by atoms with Gasteiger partial charge in [0, 0.05) is 25.5 Å². The molecule has 3 rings (SSSR count). The molecule has 152 valence electrons. The molecule has 4 amide bonds. The SMILES string of the molecule is CC(C)c1ccc(N2C(=O)N[C@H](CC(=O)NCCNc3ncccn3)C2=O)cc1. The Hall–Kier alpha value is -3.49. The zero-order valence-corrected chi connectivity index (χ0v) is 16.4. The van der Waals surface area contributed by atoms with Crippen molar-refractivity contribution in [2.24, 2.45) is 0 Å². The Labute approximate surface area is 168 Å². The van der Waals surface area contributed by atoms with Crippen molar-refractivity contribution in [2.45, 2.75) is 32.2 Å². The van der Waals surface area contributed by atoms with E-state index >= 15 is 0 Å². The lowest BCUT2D eigenvalue weighted by Crippen LogP contribution is -2.38. The van der Waals surface area contributed by atoms with Crippen LogP contribution in [0.1, 0.15) is 31.7 Å². The number of hydrogen-bond donors (Lipinski definition) is 3. The molecular weight excluding hydrogens is 372 g/mol. The summed E-state index contributed by atoms with van der Waals surface area (Å²) in [5, 5.41) is 8.26. The van der Waals surface area contributed by atoms with Crippen molar-refractivity contribution in [3.8, 4) is 0 Å². The van der Waals surface area contributed by atoms with E-state index in [9.17, 15) is 14.4 Å². The molecule has 29 heavy (non-hydrogen) atoms. The quantitative estimate of drug-likeness (QED) is 0.461. The van der Waals surface area contributed by atoms with Gasteiger partial charge in [0.05, 0.1) is 12.1 Å². The van der Waals surface area contributed by atoms with Crippen molar-refractivity contribution in [3.05, 3.63) is 48.3 Å². The average molecular weight is 396 g/mol. The number of carbonyl (C=O) groups excluding carboxylic acids is 3. The molecule has 0 radical (unpaired) electrons. The first-order chi connectivity index (χ1) is 14.0. The smallest absolute Gasteiger partial charge is 0.329 e. The predicted molar refractivity (Wildman–Crippen MR) is 108 cm³/mol. The summed E-state index contributed by atoms with van der Waals surface area (Å²) in [5.74, 6) is 0.0698. The van der Waals surface area contributed by atoms with E-state index in [1.54, 1.807) is 30.6 Å². The zero-order valence-electron chi connectivity index (χ0n) is 16.4. The molecule has 0 saturated carbocycles. The number of anilines is 2. The number of rotatable bonds is 8. The van der Waals surface area contributed by atoms with Gasteiger partial charge in [0.1, 0.15) is 6.04 Å². The van der Waals surface area contributed by atoms with Crippen LogP contribution in [0.5, 0.6) is 0 Å². The number of aromatic nitrogens is 2. The van der Waals surface area contributed by atoms with Crippen molar-refractivity contribution in [3.63, 3.8) is 0 Å². The van der Waals surface area contributed by atoms with Crippen LogP contribution in [0.25, 0.3) is 0 Å². The summed E-state index contributed by atoms with van der Waals surface area (Å²) in [6.45, 7) is 4.92. The highest BCUT2D eigenvalue weighted by molar-refractivity contribution is 6.22. The number of urea groups is 1. The van der Waals surface area contributed by atoms with Gasteiger partial charge < -0.3 is 16.0 Å². The van der Waals surface area contributed by atoms with Crippen molar-refractivity contribution in [1.29, 1.82) is 0 Å². The van der Waals surface area contributed by atoms with Gasteiger partial charge in [-0.1, -0.05) is 26.0 Å². The fraction of sp³-hybridized carbons (Fsp3) is 0.350. The van der Waals surface area contributed by atoms with Crippen LogP contribution in [0, 0.1) is 0 Å². The van der Waals surface area contributed by atoms with Gasteiger partial charge in [-0.15, -0.1) is 0 Å². The minimum Gasteiger partial charge on any atom is -0.354 e. The Bertz CT molecular complexity index is 870. The van der Waals surface area contributed by atoms with Crippen LogP contribution in [-0.4, -0.2) is 46.9 Å². The number of carbonyl (C=O) groups is 3. The topological polar surface area (TPSA) is 116 Å². The van der Waals surface area contributed by atoms with Gasteiger partial charge in [0.25, 0.3) is 5.91 Å². The number of nitrogens with zero attached hydrogens (tertiary/aromatic N) is 3. The Balaban J connectivity index is 1.49. The van der Waals surface area contributed by atoms with Gasteiger partial charge in [-0.2, -0.15) is 0 Å². The minimum atomic E-state index is -0.877. The van der Waals surface area contributed by atoms with Crippen molar-refractivity contribution in [2.75, 3.05) is 23.3 Å². The average Bonchev–Trinajstić information content (AvgIpc) is 2.99. The summed E-state index contributed by atoms with van der Waals surface area (Å²) in [6.07, 6.45) is 3.11. The minimum absolute atomic E-state index is 0.118. The highest BCUT2D eigenvalue weighted by Gasteiger charge is 2.39. The third-order valence-electron chi connectivity index (χ3n) is 4.52. The number of benzene rings is 1. The molecule has 0 aliphatic carbocycles. The van der Waals surface area contributed by atoms with E-state index in [0.29, 0.717) is 30.6 Å². The van der Waals surface area contributed by atoms with Gasteiger partial charge in [-0.3, -0.25) is 9.59 Å². The van der Waals surface area contributed by atoms with Crippen LogP contribution in [0.15, 0.2) is 42.7 Å². The molecule has 2 aromatic rings. The van der Waals surface area contributed by atoms with Crippen LogP contribution in [0.3, 0.4) is 0 Å². The first-order valence-corrected chi connectivity index (χ1v) is 9.47. The van der Waals surface area contributed by atoms with Crippen LogP contribution >= 0.6 is 0 Å². The van der Waals surface area contributed by atoms with E-state index in [-0.39, 0.29) is 12.3 Å². The van der Waals surface area contributed by atoms with Crippen LogP contribution < -0.4 is 20.9 Å². The molecule has 2 heterocycles. The molecule has 3 N–H and O–H groups in total. The number of imide groups is 1. The molecule has 1 aliphatic rings. The third-order valence-corrected chi connectivity index (χ3v) is 4.52. The maximum absolute atomic E-state index is 12.6. The highest BCUT2D eigenvalue weighted by atomic mass is 16.2. The molecule has 0 unspecified atom stereocenters. The molecule has 9 heteroatoms. The van der Waals surface area contributed by atoms with Crippen molar-refractivity contribution >= 4 is 29.5 Å². The van der Waals surface area contributed by atoms with E-state index in [1.807, 2.05) is 12.1 Å². The lowest BCUT2D eigenvalue weighted by molar-refractivity contribution is -0.125. The molecule has 0 spiro atoms. The fourth-order valence-electron chi connectivity index (χ4n) is 2.95. The second-order valence-electron chi connectivity index (χ2n) is 6.98. The number of hydrogen-bond acceptors (Lipinski definition) is 6. The largest absolute Gasteiger partial charge is 0.354 e. The molecule has 1 aromatic carbocycles. The second-order valence-corrected chi connectivity index (χ2v) is 6.98. The summed E-state index contributed by atoms with van der Waals surface area (Å²) in [7, 11) is 0. The van der Waals surface area contributed by atoms with Crippen molar-refractivity contribution < 1.29 is 14.4 Å². The van der Waals surface area contributed by atoms with E-state index in [0.717, 1.165) is 10.5 Å². The van der Waals surface area contributed by atoms with Gasteiger partial charge in [0.15, 0.2) is 0 Å². The van der Waals surface area contributed by atoms with E-state index < -0.39 is 18.0 Å². The maximum Gasteiger partial charge on any atom is 0.329 e. The number of nitrogens with one attached hydrogen (secondary N) is 3. The maximum atomic E-state index is 12.6. The summed E-state index contributed by atoms with van der Waals surface area (Å²) in [5.41, 5.74) is 1.61. The van der Waals surface area contributed by atoms with Crippen molar-refractivity contribution in [1.82, 2.24) is 20.6 Å². The molecule has 1 aromatic heterocycles. The Kier molecular flexibility index (Phi) is 6.38. The molecule has 1 fully saturated rings. The first-order valence-electron chi connectivity index (χ1n) is 9.47. The molecule has 1 aliphatic heterocycles. The second kappa shape index (κ2) is 9.13. The summed E-state index contributed by atoms with van der Waals surface area (Å²) >= 11 is 0. The monoisotopic (exact) mass is 396 g/mol. The first kappa shape index (κ1) is 20.2. The normalized spacial score (nSPS) is 16.1. The Morgan fingerprint density at radius 1 is 1.14 bits per heavy atom. The molecule has 1 atom stereocenters. The Morgan fingerprint density at radius 2 is 1.83 bits per heavy atom. The molecule has 9 nitrogen and oxygen atoms in total. The number of amides is 4. The summed E-state index contributed by atoms with van der Waals surface area (Å²) < 4.78 is 0. The van der Waals surface area contributed by atoms with Crippen LogP contribution in [0.2, 0.25) is 0 Å². The standard InChI is InChI=1S/C20H24N6O3/c1-13(2)14-4-6-15(7-5-14)26-18(28)16(25-20(26)29)12-17(27)21-10-11-24-19-22-8-3-9-23-19/h3-9,13,16H,10-12H2,1-2H3,(H,21,27)(H,25,29)(H,22,23,24)/t16-/m1/s1. The van der Waals surface area contributed by atoms with Gasteiger partial charge in [-0.05, 0) is 29.7 Å². The lowest BCUT2D eigenvalue weighted by atomic mass is 10.0. The molecular formula is C20H24N6O3. The van der Waals surface area contributed by atoms with E-state index in [2.05, 4.69) is 39.8 Å². The van der Waals surface area contributed by atoms with Gasteiger partial charge in [0.2, 0.25) is 11.9 Å². The van der Waals surface area contributed by atoms with Crippen LogP contribution in [-0.2, 0) is 9.59 Å².